The molecule has 0 aliphatic carbocycles. The number of thiophene rings is 3. The molecule has 2 amide bonds. The molecule has 66 heavy (non-hydrogen) atoms. The first kappa shape index (κ1) is 52.4. The van der Waals surface area contributed by atoms with E-state index in [4.69, 9.17) is 9.47 Å². The molecule has 0 bridgehead atoms. The Labute approximate surface area is 411 Å². The highest BCUT2D eigenvalue weighted by molar-refractivity contribution is 7.26. The summed E-state index contributed by atoms with van der Waals surface area (Å²) in [5.41, 5.74) is 1.24. The highest BCUT2D eigenvalue weighted by Gasteiger charge is 2.42. The largest absolute Gasteiger partial charge is 0.492 e. The lowest BCUT2D eigenvalue weighted by Gasteiger charge is -2.23. The Bertz CT molecular complexity index is 2300. The van der Waals surface area contributed by atoms with E-state index >= 15 is 0 Å². The van der Waals surface area contributed by atoms with Crippen molar-refractivity contribution in [3.63, 3.8) is 0 Å². The third-order valence-corrected chi connectivity index (χ3v) is 17.7. The van der Waals surface area contributed by atoms with E-state index in [9.17, 15) is 9.59 Å². The number of unbranched alkanes of at least 4 members (excludes halogenated alkanes) is 12. The molecule has 3 aromatic heterocycles. The zero-order chi connectivity index (χ0) is 47.0. The van der Waals surface area contributed by atoms with Crippen LogP contribution in [0, 0.1) is 31.6 Å². The Morgan fingerprint density at radius 3 is 1.42 bits per heavy atom. The Balaban J connectivity index is 1.43. The van der Waals surface area contributed by atoms with Crippen LogP contribution in [0.2, 0.25) is 0 Å². The van der Waals surface area contributed by atoms with Crippen molar-refractivity contribution >= 4 is 76.8 Å². The third kappa shape index (κ3) is 13.2. The summed E-state index contributed by atoms with van der Waals surface area (Å²) in [6, 6.07) is 9.32. The van der Waals surface area contributed by atoms with Crippen LogP contribution in [0.3, 0.4) is 0 Å². The predicted molar refractivity (Wildman–Crippen MR) is 289 cm³/mol. The monoisotopic (exact) mass is 956 g/mol. The molecule has 5 nitrogen and oxygen atoms in total. The lowest BCUT2D eigenvalue weighted by molar-refractivity contribution is 0.0622. The molecule has 0 saturated carbocycles. The van der Waals surface area contributed by atoms with Crippen LogP contribution in [0.25, 0.3) is 40.7 Å². The van der Waals surface area contributed by atoms with Gasteiger partial charge in [0.2, 0.25) is 0 Å². The minimum atomic E-state index is -0.107. The number of ether oxygens (including phenoxy) is 2. The van der Waals surface area contributed by atoms with Crippen molar-refractivity contribution in [1.82, 2.24) is 4.90 Å². The first-order valence-corrected chi connectivity index (χ1v) is 29.3. The second-order valence-corrected chi connectivity index (χ2v) is 23.5. The molecule has 3 unspecified atom stereocenters. The van der Waals surface area contributed by atoms with E-state index in [1.807, 2.05) is 18.3 Å². The van der Waals surface area contributed by atoms with Crippen LogP contribution in [0.15, 0.2) is 24.3 Å². The summed E-state index contributed by atoms with van der Waals surface area (Å²) in [5.74, 6) is 3.08. The molecule has 2 aromatic carbocycles. The standard InChI is InChI=1S/C58H85NO4S3/c1-9-15-21-24-30-42(27-18-12-4)37-59-57(60)52-41(8)65-56(53(52)58(59)61)51-36-48-50(66-51)35-46-45(55(48)63-39-44(29-20-14-6)32-26-23-17-11-3)34-49-47(33-40(7)64-49)54(46)62-38-43(28-19-13-5)31-25-22-16-10-2/h33-36,42-44H,9-32,37-39H2,1-8H3. The minimum Gasteiger partial charge on any atom is -0.492 e. The number of hydrogen-bond acceptors (Lipinski definition) is 7. The van der Waals surface area contributed by atoms with Gasteiger partial charge in [0.05, 0.1) is 29.2 Å². The van der Waals surface area contributed by atoms with Crippen molar-refractivity contribution in [3.8, 4) is 21.3 Å². The van der Waals surface area contributed by atoms with Crippen LogP contribution in [0.1, 0.15) is 226 Å². The average Bonchev–Trinajstić information content (AvgIpc) is 4.07. The second-order valence-electron chi connectivity index (χ2n) is 20.0. The second kappa shape index (κ2) is 26.7. The molecule has 4 heterocycles. The summed E-state index contributed by atoms with van der Waals surface area (Å²) < 4.78 is 16.8. The molecular formula is C58H85NO4S3. The smallest absolute Gasteiger partial charge is 0.263 e. The van der Waals surface area contributed by atoms with E-state index in [1.54, 1.807) is 27.6 Å². The highest BCUT2D eigenvalue weighted by atomic mass is 32.1. The van der Waals surface area contributed by atoms with Crippen molar-refractivity contribution in [2.45, 2.75) is 209 Å². The van der Waals surface area contributed by atoms with Crippen LogP contribution in [-0.2, 0) is 0 Å². The number of benzene rings is 2. The van der Waals surface area contributed by atoms with E-state index in [0.717, 1.165) is 85.7 Å². The third-order valence-electron chi connectivity index (χ3n) is 14.4. The maximum absolute atomic E-state index is 14.6. The van der Waals surface area contributed by atoms with Gasteiger partial charge >= 0.3 is 0 Å². The average molecular weight is 957 g/mol. The zero-order valence-electron chi connectivity index (χ0n) is 42.4. The molecule has 6 rings (SSSR count). The van der Waals surface area contributed by atoms with Gasteiger partial charge in [-0.3, -0.25) is 14.5 Å². The molecule has 0 saturated heterocycles. The summed E-state index contributed by atoms with van der Waals surface area (Å²) in [6.45, 7) is 19.8. The van der Waals surface area contributed by atoms with Crippen molar-refractivity contribution < 1.29 is 19.1 Å². The first-order chi connectivity index (χ1) is 32.2. The lowest BCUT2D eigenvalue weighted by atomic mass is 9.94. The number of carbonyl (C=O) groups is 2. The maximum atomic E-state index is 14.6. The van der Waals surface area contributed by atoms with E-state index in [1.165, 1.54) is 137 Å². The van der Waals surface area contributed by atoms with E-state index in [2.05, 4.69) is 72.7 Å². The van der Waals surface area contributed by atoms with Gasteiger partial charge < -0.3 is 9.47 Å². The summed E-state index contributed by atoms with van der Waals surface area (Å²) in [6.07, 6.45) is 29.0. The quantitative estimate of drug-likeness (QED) is 0.0311. The van der Waals surface area contributed by atoms with Crippen LogP contribution in [0.4, 0.5) is 0 Å². The fraction of sp³-hybridized carbons (Fsp3) is 0.655. The number of carbonyl (C=O) groups excluding carboxylic acids is 2. The summed E-state index contributed by atoms with van der Waals surface area (Å²) in [4.78, 5) is 34.7. The molecule has 3 atom stereocenters. The number of rotatable bonds is 33. The highest BCUT2D eigenvalue weighted by Crippen LogP contribution is 2.51. The molecule has 0 fully saturated rings. The first-order valence-electron chi connectivity index (χ1n) is 26.9. The van der Waals surface area contributed by atoms with E-state index < -0.39 is 0 Å². The predicted octanol–water partition coefficient (Wildman–Crippen LogP) is 19.3. The van der Waals surface area contributed by atoms with Crippen molar-refractivity contribution in [2.75, 3.05) is 19.8 Å². The number of imide groups is 1. The molecule has 1 aliphatic heterocycles. The number of fused-ring (bicyclic) bond motifs is 4. The van der Waals surface area contributed by atoms with Gasteiger partial charge in [-0.1, -0.05) is 157 Å². The molecular weight excluding hydrogens is 871 g/mol. The molecule has 1 aliphatic rings. The van der Waals surface area contributed by atoms with Gasteiger partial charge in [0.1, 0.15) is 11.5 Å². The lowest BCUT2D eigenvalue weighted by Crippen LogP contribution is -2.35. The van der Waals surface area contributed by atoms with Gasteiger partial charge in [0, 0.05) is 52.1 Å². The minimum absolute atomic E-state index is 0.0993. The molecule has 0 spiro atoms. The van der Waals surface area contributed by atoms with Crippen LogP contribution in [0.5, 0.6) is 11.5 Å². The molecule has 364 valence electrons. The molecule has 0 N–H and O–H groups in total. The van der Waals surface area contributed by atoms with Crippen LogP contribution >= 0.6 is 34.0 Å². The number of amides is 2. The number of nitrogens with zero attached hydrogens (tertiary/aromatic N) is 1. The Morgan fingerprint density at radius 1 is 0.470 bits per heavy atom. The zero-order valence-corrected chi connectivity index (χ0v) is 44.9. The summed E-state index contributed by atoms with van der Waals surface area (Å²) >= 11 is 5.19. The fourth-order valence-electron chi connectivity index (χ4n) is 10.4. The SMILES string of the molecule is CCCCCCC(CCCC)COc1c2cc(C)sc2cc2c(OCC(CCCC)CCCCCC)c3cc(-c4sc(C)c5c4C(=O)N(CC(CCCC)CCCCCC)C5=O)sc3cc12. The maximum Gasteiger partial charge on any atom is 0.263 e. The summed E-state index contributed by atoms with van der Waals surface area (Å²) in [5, 5.41) is 4.53. The Kier molecular flexibility index (Phi) is 21.2. The Morgan fingerprint density at radius 2 is 0.909 bits per heavy atom. The fourth-order valence-corrected chi connectivity index (χ4v) is 13.7. The summed E-state index contributed by atoms with van der Waals surface area (Å²) in [7, 11) is 0. The van der Waals surface area contributed by atoms with Gasteiger partial charge in [-0.05, 0) is 94.4 Å². The number of aryl methyl sites for hydroxylation is 2. The van der Waals surface area contributed by atoms with Gasteiger partial charge in [-0.2, -0.15) is 0 Å². The molecule has 5 aromatic rings. The van der Waals surface area contributed by atoms with Gasteiger partial charge in [0.15, 0.2) is 0 Å². The van der Waals surface area contributed by atoms with E-state index in [0.29, 0.717) is 42.0 Å². The normalized spacial score (nSPS) is 14.3. The topological polar surface area (TPSA) is 55.8 Å². The molecule has 8 heteroatoms. The number of hydrogen-bond donors (Lipinski definition) is 0. The molecule has 0 radical (unpaired) electrons. The van der Waals surface area contributed by atoms with Crippen molar-refractivity contribution in [3.05, 3.63) is 45.1 Å². The van der Waals surface area contributed by atoms with Crippen LogP contribution in [-0.4, -0.2) is 36.5 Å². The van der Waals surface area contributed by atoms with Gasteiger partial charge in [-0.25, -0.2) is 0 Å². The van der Waals surface area contributed by atoms with Gasteiger partial charge in [-0.15, -0.1) is 34.0 Å². The van der Waals surface area contributed by atoms with Crippen molar-refractivity contribution in [1.29, 1.82) is 0 Å². The van der Waals surface area contributed by atoms with Gasteiger partial charge in [0.25, 0.3) is 11.8 Å². The van der Waals surface area contributed by atoms with Crippen molar-refractivity contribution in [2.24, 2.45) is 17.8 Å². The Hall–Kier alpha value is -2.94. The van der Waals surface area contributed by atoms with E-state index in [-0.39, 0.29) is 11.8 Å². The van der Waals surface area contributed by atoms with Crippen LogP contribution < -0.4 is 9.47 Å².